The quantitative estimate of drug-likeness (QED) is 0.379. The lowest BCUT2D eigenvalue weighted by Crippen LogP contribution is -2.31. The maximum Gasteiger partial charge on any atom is 0.228 e. The summed E-state index contributed by atoms with van der Waals surface area (Å²) in [7, 11) is 0. The minimum atomic E-state index is 0.151. The third-order valence-corrected chi connectivity index (χ3v) is 6.66. The van der Waals surface area contributed by atoms with Gasteiger partial charge in [-0.15, -0.1) is 16.8 Å². The van der Waals surface area contributed by atoms with Crippen LogP contribution in [0.5, 0.6) is 0 Å². The zero-order valence-electron chi connectivity index (χ0n) is 16.9. The molecule has 0 bridgehead atoms. The standard InChI is InChI=1S/C21H29N5OS/c1-4-10-25-15(2)13-18(16(25)3)19(27)14-28-21-23-22-20(26(21)17-8-9-17)24-11-6-5-7-12-24/h4,13,17H,1,5-12,14H2,2-3H3. The Labute approximate surface area is 171 Å². The van der Waals surface area contributed by atoms with Crippen molar-refractivity contribution in [1.29, 1.82) is 0 Å². The molecule has 0 amide bonds. The van der Waals surface area contributed by atoms with Crippen molar-refractivity contribution in [3.05, 3.63) is 35.7 Å². The number of nitrogens with zero attached hydrogens (tertiary/aromatic N) is 5. The van der Waals surface area contributed by atoms with Gasteiger partial charge in [0.15, 0.2) is 10.9 Å². The molecule has 4 rings (SSSR count). The fourth-order valence-electron chi connectivity index (χ4n) is 4.03. The van der Waals surface area contributed by atoms with Crippen LogP contribution in [0.2, 0.25) is 0 Å². The van der Waals surface area contributed by atoms with E-state index < -0.39 is 0 Å². The van der Waals surface area contributed by atoms with Crippen LogP contribution in [0.15, 0.2) is 23.9 Å². The maximum absolute atomic E-state index is 12.9. The Morgan fingerprint density at radius 1 is 1.25 bits per heavy atom. The van der Waals surface area contributed by atoms with E-state index in [2.05, 4.69) is 30.8 Å². The van der Waals surface area contributed by atoms with E-state index in [4.69, 9.17) is 0 Å². The first kappa shape index (κ1) is 19.3. The minimum Gasteiger partial charge on any atom is -0.345 e. The summed E-state index contributed by atoms with van der Waals surface area (Å²) >= 11 is 1.52. The molecule has 28 heavy (non-hydrogen) atoms. The van der Waals surface area contributed by atoms with Crippen LogP contribution < -0.4 is 4.90 Å². The van der Waals surface area contributed by atoms with Gasteiger partial charge in [0.05, 0.1) is 5.75 Å². The molecule has 0 spiro atoms. The molecular weight excluding hydrogens is 370 g/mol. The summed E-state index contributed by atoms with van der Waals surface area (Å²) in [6.45, 7) is 10.7. The molecule has 0 radical (unpaired) electrons. The number of anilines is 1. The summed E-state index contributed by atoms with van der Waals surface area (Å²) in [5, 5.41) is 9.85. The monoisotopic (exact) mass is 399 g/mol. The van der Waals surface area contributed by atoms with Crippen LogP contribution in [0.3, 0.4) is 0 Å². The first-order valence-electron chi connectivity index (χ1n) is 10.2. The number of hydrogen-bond acceptors (Lipinski definition) is 5. The molecular formula is C21H29N5OS. The van der Waals surface area contributed by atoms with Crippen molar-refractivity contribution in [2.45, 2.75) is 63.7 Å². The van der Waals surface area contributed by atoms with E-state index in [0.29, 0.717) is 11.8 Å². The summed E-state index contributed by atoms with van der Waals surface area (Å²) in [4.78, 5) is 15.3. The summed E-state index contributed by atoms with van der Waals surface area (Å²) in [5.41, 5.74) is 2.92. The van der Waals surface area contributed by atoms with E-state index >= 15 is 0 Å². The molecule has 150 valence electrons. The molecule has 1 aliphatic heterocycles. The molecule has 1 aliphatic carbocycles. The molecule has 2 aliphatic rings. The highest BCUT2D eigenvalue weighted by molar-refractivity contribution is 7.99. The number of carbonyl (C=O) groups excluding carboxylic acids is 1. The highest BCUT2D eigenvalue weighted by atomic mass is 32.2. The van der Waals surface area contributed by atoms with Gasteiger partial charge in [0.1, 0.15) is 0 Å². The van der Waals surface area contributed by atoms with Crippen LogP contribution >= 0.6 is 11.8 Å². The normalized spacial score (nSPS) is 17.1. The van der Waals surface area contributed by atoms with Crippen LogP contribution in [0, 0.1) is 13.8 Å². The van der Waals surface area contributed by atoms with Gasteiger partial charge < -0.3 is 9.47 Å². The van der Waals surface area contributed by atoms with Gasteiger partial charge in [-0.1, -0.05) is 17.8 Å². The van der Waals surface area contributed by atoms with Gasteiger partial charge in [-0.05, 0) is 52.0 Å². The number of allylic oxidation sites excluding steroid dienone is 1. The number of Topliss-reactive ketones (excluding diaryl/α,β-unsaturated/α-hetero) is 1. The molecule has 2 aromatic rings. The predicted octanol–water partition coefficient (Wildman–Crippen LogP) is 4.18. The van der Waals surface area contributed by atoms with Crippen molar-refractivity contribution >= 4 is 23.5 Å². The Bertz CT molecular complexity index is 874. The third-order valence-electron chi connectivity index (χ3n) is 5.72. The molecule has 0 aromatic carbocycles. The van der Waals surface area contributed by atoms with Gasteiger partial charge in [0.25, 0.3) is 0 Å². The largest absolute Gasteiger partial charge is 0.345 e. The van der Waals surface area contributed by atoms with Crippen LogP contribution in [0.1, 0.15) is 59.9 Å². The van der Waals surface area contributed by atoms with Gasteiger partial charge in [0.2, 0.25) is 5.95 Å². The van der Waals surface area contributed by atoms with E-state index in [0.717, 1.165) is 47.7 Å². The molecule has 0 unspecified atom stereocenters. The zero-order valence-corrected chi connectivity index (χ0v) is 17.7. The molecule has 1 saturated carbocycles. The molecule has 2 fully saturated rings. The van der Waals surface area contributed by atoms with Crippen molar-refractivity contribution in [3.63, 3.8) is 0 Å². The Morgan fingerprint density at radius 2 is 2.00 bits per heavy atom. The minimum absolute atomic E-state index is 0.151. The number of rotatable bonds is 8. The Morgan fingerprint density at radius 3 is 2.68 bits per heavy atom. The first-order chi connectivity index (χ1) is 13.6. The fourth-order valence-corrected chi connectivity index (χ4v) is 4.91. The topological polar surface area (TPSA) is 56.0 Å². The summed E-state index contributed by atoms with van der Waals surface area (Å²) in [5.74, 6) is 1.54. The number of carbonyl (C=O) groups is 1. The van der Waals surface area contributed by atoms with Crippen molar-refractivity contribution in [1.82, 2.24) is 19.3 Å². The summed E-state index contributed by atoms with van der Waals surface area (Å²) < 4.78 is 4.41. The molecule has 2 aromatic heterocycles. The average molecular weight is 400 g/mol. The van der Waals surface area contributed by atoms with Crippen molar-refractivity contribution in [2.75, 3.05) is 23.7 Å². The van der Waals surface area contributed by atoms with Crippen LogP contribution in [0.4, 0.5) is 5.95 Å². The van der Waals surface area contributed by atoms with E-state index in [1.807, 2.05) is 26.0 Å². The summed E-state index contributed by atoms with van der Waals surface area (Å²) in [6, 6.07) is 2.49. The molecule has 6 nitrogen and oxygen atoms in total. The molecule has 0 N–H and O–H groups in total. The van der Waals surface area contributed by atoms with E-state index in [9.17, 15) is 4.79 Å². The lowest BCUT2D eigenvalue weighted by molar-refractivity contribution is 0.102. The zero-order chi connectivity index (χ0) is 19.7. The predicted molar refractivity (Wildman–Crippen MR) is 114 cm³/mol. The number of hydrogen-bond donors (Lipinski definition) is 0. The van der Waals surface area contributed by atoms with Crippen LogP contribution in [0.25, 0.3) is 0 Å². The Kier molecular flexibility index (Phi) is 5.62. The van der Waals surface area contributed by atoms with Gasteiger partial charge in [-0.2, -0.15) is 0 Å². The fraction of sp³-hybridized carbons (Fsp3) is 0.571. The van der Waals surface area contributed by atoms with Crippen LogP contribution in [-0.4, -0.2) is 44.0 Å². The Hall–Kier alpha value is -2.02. The third kappa shape index (κ3) is 3.77. The molecule has 3 heterocycles. The van der Waals surface area contributed by atoms with Crippen molar-refractivity contribution < 1.29 is 4.79 Å². The lowest BCUT2D eigenvalue weighted by atomic mass is 10.1. The highest BCUT2D eigenvalue weighted by Gasteiger charge is 2.32. The lowest BCUT2D eigenvalue weighted by Gasteiger charge is -2.27. The average Bonchev–Trinajstić information content (AvgIpc) is 3.40. The molecule has 1 saturated heterocycles. The number of thioether (sulfide) groups is 1. The second kappa shape index (κ2) is 8.15. The molecule has 7 heteroatoms. The van der Waals surface area contributed by atoms with Crippen molar-refractivity contribution in [3.8, 4) is 0 Å². The highest BCUT2D eigenvalue weighted by Crippen LogP contribution is 2.41. The van der Waals surface area contributed by atoms with E-state index in [1.165, 1.54) is 43.9 Å². The Balaban J connectivity index is 1.49. The van der Waals surface area contributed by atoms with Gasteiger partial charge >= 0.3 is 0 Å². The van der Waals surface area contributed by atoms with Gasteiger partial charge in [-0.3, -0.25) is 9.36 Å². The summed E-state index contributed by atoms with van der Waals surface area (Å²) in [6.07, 6.45) is 7.97. The van der Waals surface area contributed by atoms with Crippen LogP contribution in [-0.2, 0) is 6.54 Å². The number of aromatic nitrogens is 4. The smallest absolute Gasteiger partial charge is 0.228 e. The second-order valence-corrected chi connectivity index (χ2v) is 8.77. The van der Waals surface area contributed by atoms with E-state index in [1.54, 1.807) is 0 Å². The number of aryl methyl sites for hydroxylation is 1. The number of piperidine rings is 1. The maximum atomic E-state index is 12.9. The SMILES string of the molecule is C=CCn1c(C)cc(C(=O)CSc2nnc(N3CCCCC3)n2C2CC2)c1C. The second-order valence-electron chi connectivity index (χ2n) is 7.83. The first-order valence-corrected chi connectivity index (χ1v) is 11.2. The van der Waals surface area contributed by atoms with Gasteiger partial charge in [-0.25, -0.2) is 0 Å². The van der Waals surface area contributed by atoms with Crippen molar-refractivity contribution in [2.24, 2.45) is 0 Å². The molecule has 0 atom stereocenters. The number of ketones is 1. The van der Waals surface area contributed by atoms with E-state index in [-0.39, 0.29) is 5.78 Å². The van der Waals surface area contributed by atoms with Gasteiger partial charge in [0, 0.05) is 42.6 Å².